The van der Waals surface area contributed by atoms with Gasteiger partial charge < -0.3 is 25.0 Å². The highest BCUT2D eigenvalue weighted by Crippen LogP contribution is 2.34. The third-order valence-electron chi connectivity index (χ3n) is 5.41. The number of anilines is 1. The van der Waals surface area contributed by atoms with Crippen molar-refractivity contribution in [3.63, 3.8) is 0 Å². The van der Waals surface area contributed by atoms with Crippen LogP contribution in [0.3, 0.4) is 0 Å². The van der Waals surface area contributed by atoms with E-state index in [-0.39, 0.29) is 47.8 Å². The van der Waals surface area contributed by atoms with E-state index < -0.39 is 28.6 Å². The fourth-order valence-electron chi connectivity index (χ4n) is 3.72. The summed E-state index contributed by atoms with van der Waals surface area (Å²) in [6.07, 6.45) is 1.11. The van der Waals surface area contributed by atoms with E-state index in [0.29, 0.717) is 13.1 Å². The predicted molar refractivity (Wildman–Crippen MR) is 94.3 cm³/mol. The molecular weight excluding hydrogens is 360 g/mol. The molecule has 0 bridgehead atoms. The summed E-state index contributed by atoms with van der Waals surface area (Å²) in [5.41, 5.74) is 4.19. The Kier molecular flexibility index (Phi) is 4.15. The topological polar surface area (TPSA) is 97.8 Å². The minimum absolute atomic E-state index is 0.0658. The lowest BCUT2D eigenvalue weighted by Gasteiger charge is -2.31. The van der Waals surface area contributed by atoms with Crippen LogP contribution in [-0.2, 0) is 4.74 Å². The van der Waals surface area contributed by atoms with Crippen molar-refractivity contribution in [1.82, 2.24) is 4.57 Å². The summed E-state index contributed by atoms with van der Waals surface area (Å²) in [5, 5.41) is 9.00. The van der Waals surface area contributed by atoms with Crippen molar-refractivity contribution in [3.05, 3.63) is 39.7 Å². The molecule has 7 nitrogen and oxygen atoms in total. The number of nitrogens with zero attached hydrogens (tertiary/aromatic N) is 2. The van der Waals surface area contributed by atoms with Gasteiger partial charge in [0.1, 0.15) is 17.1 Å². The standard InChI is InChI=1S/C18H19F2N3O4/c1-8-3-22(5-13(8)21)16-12(19)2-10-15(14(16)20)23(9-6-27-7-9)4-11(17(10)24)18(25)26/h2,4,8-9,13H,3,5-7,21H2,1H3,(H,25,26). The molecule has 2 aliphatic heterocycles. The van der Waals surface area contributed by atoms with Crippen LogP contribution in [0.2, 0.25) is 0 Å². The molecule has 3 N–H and O–H groups in total. The zero-order valence-corrected chi connectivity index (χ0v) is 14.6. The molecule has 0 aliphatic carbocycles. The number of halogens is 2. The third kappa shape index (κ3) is 2.69. The van der Waals surface area contributed by atoms with Gasteiger partial charge in [-0.1, -0.05) is 6.92 Å². The Morgan fingerprint density at radius 3 is 2.56 bits per heavy atom. The van der Waals surface area contributed by atoms with Crippen molar-refractivity contribution in [2.75, 3.05) is 31.2 Å². The fraction of sp³-hybridized carbons (Fsp3) is 0.444. The molecule has 1 aromatic heterocycles. The predicted octanol–water partition coefficient (Wildman–Crippen LogP) is 1.33. The monoisotopic (exact) mass is 379 g/mol. The minimum Gasteiger partial charge on any atom is -0.477 e. The van der Waals surface area contributed by atoms with Crippen LogP contribution in [0, 0.1) is 17.6 Å². The number of hydrogen-bond acceptors (Lipinski definition) is 5. The summed E-state index contributed by atoms with van der Waals surface area (Å²) in [7, 11) is 0. The SMILES string of the molecule is CC1CN(c2c(F)cc3c(=O)c(C(=O)O)cn(C4COC4)c3c2F)CC1N. The van der Waals surface area contributed by atoms with E-state index in [9.17, 15) is 19.1 Å². The molecule has 27 heavy (non-hydrogen) atoms. The van der Waals surface area contributed by atoms with Crippen molar-refractivity contribution < 1.29 is 23.4 Å². The zero-order valence-electron chi connectivity index (χ0n) is 14.6. The van der Waals surface area contributed by atoms with Gasteiger partial charge in [0.25, 0.3) is 0 Å². The van der Waals surface area contributed by atoms with Crippen LogP contribution in [0.5, 0.6) is 0 Å². The van der Waals surface area contributed by atoms with Crippen LogP contribution in [0.25, 0.3) is 10.9 Å². The van der Waals surface area contributed by atoms with Gasteiger partial charge in [-0.3, -0.25) is 4.79 Å². The number of rotatable bonds is 3. The molecule has 144 valence electrons. The van der Waals surface area contributed by atoms with Gasteiger partial charge in [0, 0.05) is 25.3 Å². The Hall–Kier alpha value is -2.52. The van der Waals surface area contributed by atoms with E-state index >= 15 is 4.39 Å². The number of ether oxygens (including phenoxy) is 1. The molecule has 2 atom stereocenters. The average molecular weight is 379 g/mol. The maximum absolute atomic E-state index is 15.5. The Labute approximate surface area is 152 Å². The molecule has 2 fully saturated rings. The summed E-state index contributed by atoms with van der Waals surface area (Å²) >= 11 is 0. The fourth-order valence-corrected chi connectivity index (χ4v) is 3.72. The van der Waals surface area contributed by atoms with E-state index in [4.69, 9.17) is 10.5 Å². The van der Waals surface area contributed by atoms with Crippen molar-refractivity contribution in [2.45, 2.75) is 19.0 Å². The van der Waals surface area contributed by atoms with E-state index in [1.54, 1.807) is 0 Å². The summed E-state index contributed by atoms with van der Waals surface area (Å²) in [6, 6.07) is 0.391. The molecule has 0 spiro atoms. The summed E-state index contributed by atoms with van der Waals surface area (Å²) < 4.78 is 36.7. The van der Waals surface area contributed by atoms with Gasteiger partial charge >= 0.3 is 5.97 Å². The van der Waals surface area contributed by atoms with Crippen molar-refractivity contribution in [3.8, 4) is 0 Å². The first-order valence-electron chi connectivity index (χ1n) is 8.68. The van der Waals surface area contributed by atoms with Crippen molar-refractivity contribution in [1.29, 1.82) is 0 Å². The number of aromatic nitrogens is 1. The van der Waals surface area contributed by atoms with Gasteiger partial charge in [-0.25, -0.2) is 13.6 Å². The zero-order chi connectivity index (χ0) is 19.5. The van der Waals surface area contributed by atoms with Crippen LogP contribution in [0.15, 0.2) is 17.1 Å². The summed E-state index contributed by atoms with van der Waals surface area (Å²) in [6.45, 7) is 3.11. The van der Waals surface area contributed by atoms with Crippen LogP contribution in [0.1, 0.15) is 23.3 Å². The van der Waals surface area contributed by atoms with Crippen LogP contribution < -0.4 is 16.1 Å². The lowest BCUT2D eigenvalue weighted by Crippen LogP contribution is -2.34. The van der Waals surface area contributed by atoms with E-state index in [1.165, 1.54) is 9.47 Å². The normalized spacial score (nSPS) is 23.0. The maximum Gasteiger partial charge on any atom is 0.341 e. The Balaban J connectivity index is 2.00. The lowest BCUT2D eigenvalue weighted by atomic mass is 10.1. The molecule has 4 rings (SSSR count). The number of fused-ring (bicyclic) bond motifs is 1. The third-order valence-corrected chi connectivity index (χ3v) is 5.41. The minimum atomic E-state index is -1.44. The van der Waals surface area contributed by atoms with Gasteiger partial charge in [0.05, 0.1) is 30.2 Å². The summed E-state index contributed by atoms with van der Waals surface area (Å²) in [5.74, 6) is -3.17. The van der Waals surface area contributed by atoms with Gasteiger partial charge in [-0.2, -0.15) is 0 Å². The lowest BCUT2D eigenvalue weighted by molar-refractivity contribution is -0.0219. The molecule has 2 aromatic rings. The smallest absolute Gasteiger partial charge is 0.341 e. The molecule has 1 aromatic carbocycles. The number of carbonyl (C=O) groups is 1. The van der Waals surface area contributed by atoms with Crippen LogP contribution >= 0.6 is 0 Å². The Morgan fingerprint density at radius 1 is 1.33 bits per heavy atom. The molecule has 9 heteroatoms. The highest BCUT2D eigenvalue weighted by molar-refractivity contribution is 5.94. The Morgan fingerprint density at radius 2 is 2.04 bits per heavy atom. The first-order chi connectivity index (χ1) is 12.8. The van der Waals surface area contributed by atoms with Crippen LogP contribution in [-0.4, -0.2) is 48.0 Å². The Bertz CT molecular complexity index is 992. The van der Waals surface area contributed by atoms with Crippen molar-refractivity contribution in [2.24, 2.45) is 11.7 Å². The number of pyridine rings is 1. The number of carboxylic acid groups (broad SMARTS) is 1. The maximum atomic E-state index is 15.5. The van der Waals surface area contributed by atoms with E-state index in [1.807, 2.05) is 6.92 Å². The highest BCUT2D eigenvalue weighted by atomic mass is 19.1. The molecule has 2 aliphatic rings. The molecular formula is C18H19F2N3O4. The second-order valence-electron chi connectivity index (χ2n) is 7.24. The second-order valence-corrected chi connectivity index (χ2v) is 7.24. The first kappa shape index (κ1) is 17.9. The van der Waals surface area contributed by atoms with Gasteiger partial charge in [0.2, 0.25) is 5.43 Å². The highest BCUT2D eigenvalue weighted by Gasteiger charge is 2.33. The quantitative estimate of drug-likeness (QED) is 0.835. The average Bonchev–Trinajstić information content (AvgIpc) is 2.86. The van der Waals surface area contributed by atoms with E-state index in [0.717, 1.165) is 12.3 Å². The molecule has 0 saturated carbocycles. The number of benzene rings is 1. The van der Waals surface area contributed by atoms with Gasteiger partial charge in [-0.05, 0) is 12.0 Å². The molecule has 2 unspecified atom stereocenters. The van der Waals surface area contributed by atoms with Crippen molar-refractivity contribution >= 4 is 22.6 Å². The second kappa shape index (κ2) is 6.28. The van der Waals surface area contributed by atoms with Gasteiger partial charge in [-0.15, -0.1) is 0 Å². The number of nitrogens with two attached hydrogens (primary N) is 1. The number of hydrogen-bond donors (Lipinski definition) is 2. The molecule has 2 saturated heterocycles. The molecule has 3 heterocycles. The number of aromatic carboxylic acids is 1. The first-order valence-corrected chi connectivity index (χ1v) is 8.68. The summed E-state index contributed by atoms with van der Waals surface area (Å²) in [4.78, 5) is 25.4. The largest absolute Gasteiger partial charge is 0.477 e. The van der Waals surface area contributed by atoms with Gasteiger partial charge in [0.15, 0.2) is 5.82 Å². The van der Waals surface area contributed by atoms with Crippen LogP contribution in [0.4, 0.5) is 14.5 Å². The molecule has 0 radical (unpaired) electrons. The van der Waals surface area contributed by atoms with E-state index in [2.05, 4.69) is 0 Å². The number of carboxylic acids is 1. The molecule has 0 amide bonds.